The molecule has 0 bridgehead atoms. The summed E-state index contributed by atoms with van der Waals surface area (Å²) in [4.78, 5) is 27.4. The fraction of sp³-hybridized carbons (Fsp3) is 0.364. The quantitative estimate of drug-likeness (QED) is 0.872. The molecule has 1 saturated heterocycles. The van der Waals surface area contributed by atoms with Gasteiger partial charge >= 0.3 is 0 Å². The first-order valence-corrected chi connectivity index (χ1v) is 9.92. The van der Waals surface area contributed by atoms with Gasteiger partial charge in [-0.15, -0.1) is 0 Å². The Hall–Kier alpha value is -2.33. The number of amides is 2. The summed E-state index contributed by atoms with van der Waals surface area (Å²) in [7, 11) is 0. The van der Waals surface area contributed by atoms with Gasteiger partial charge in [0.25, 0.3) is 5.91 Å². The van der Waals surface area contributed by atoms with Gasteiger partial charge in [-0.05, 0) is 61.1 Å². The number of piperidine rings is 1. The zero-order valence-electron chi connectivity index (χ0n) is 15.2. The maximum Gasteiger partial charge on any atom is 0.253 e. The van der Waals surface area contributed by atoms with Crippen LogP contribution in [0.3, 0.4) is 0 Å². The first kappa shape index (κ1) is 18.1. The van der Waals surface area contributed by atoms with Crippen molar-refractivity contribution in [3.8, 4) is 0 Å². The van der Waals surface area contributed by atoms with E-state index in [1.54, 1.807) is 29.2 Å². The lowest BCUT2D eigenvalue weighted by molar-refractivity contribution is -0.127. The second kappa shape index (κ2) is 7.73. The van der Waals surface area contributed by atoms with Crippen LogP contribution in [0.4, 0.5) is 0 Å². The molecule has 2 aromatic rings. The van der Waals surface area contributed by atoms with Crippen molar-refractivity contribution < 1.29 is 9.59 Å². The van der Waals surface area contributed by atoms with Crippen LogP contribution in [0, 0.1) is 5.92 Å². The number of nitrogens with zero attached hydrogens (tertiary/aromatic N) is 1. The van der Waals surface area contributed by atoms with E-state index in [0.717, 1.165) is 25.7 Å². The largest absolute Gasteiger partial charge is 0.349 e. The Kier molecular flexibility index (Phi) is 5.17. The van der Waals surface area contributed by atoms with Crippen LogP contribution in [0.2, 0.25) is 5.02 Å². The van der Waals surface area contributed by atoms with Crippen LogP contribution in [0.15, 0.2) is 48.5 Å². The van der Waals surface area contributed by atoms with Gasteiger partial charge in [0.05, 0.1) is 12.0 Å². The van der Waals surface area contributed by atoms with Crippen molar-refractivity contribution in [2.45, 2.75) is 31.7 Å². The number of rotatable bonds is 3. The number of carbonyl (C=O) groups is 2. The van der Waals surface area contributed by atoms with Gasteiger partial charge in [-0.2, -0.15) is 0 Å². The highest BCUT2D eigenvalue weighted by molar-refractivity contribution is 6.30. The summed E-state index contributed by atoms with van der Waals surface area (Å²) in [6.45, 7) is 1.17. The average molecular weight is 383 g/mol. The third kappa shape index (κ3) is 3.86. The van der Waals surface area contributed by atoms with Gasteiger partial charge in [-0.1, -0.05) is 35.9 Å². The molecular weight excluding hydrogens is 360 g/mol. The predicted octanol–water partition coefficient (Wildman–Crippen LogP) is 4.00. The predicted molar refractivity (Wildman–Crippen MR) is 106 cm³/mol. The van der Waals surface area contributed by atoms with E-state index in [1.807, 2.05) is 12.1 Å². The second-order valence-electron chi connectivity index (χ2n) is 7.40. The molecule has 1 aliphatic carbocycles. The zero-order valence-corrected chi connectivity index (χ0v) is 15.9. The maximum absolute atomic E-state index is 12.8. The van der Waals surface area contributed by atoms with E-state index < -0.39 is 0 Å². The molecule has 0 spiro atoms. The van der Waals surface area contributed by atoms with Crippen LogP contribution in [-0.4, -0.2) is 29.8 Å². The van der Waals surface area contributed by atoms with E-state index in [0.29, 0.717) is 23.7 Å². The van der Waals surface area contributed by atoms with Crippen LogP contribution < -0.4 is 5.32 Å². The summed E-state index contributed by atoms with van der Waals surface area (Å²) in [5.74, 6) is -0.122. The van der Waals surface area contributed by atoms with E-state index in [2.05, 4.69) is 17.4 Å². The van der Waals surface area contributed by atoms with Crippen LogP contribution >= 0.6 is 11.6 Å². The summed E-state index contributed by atoms with van der Waals surface area (Å²) in [6.07, 6.45) is 3.63. The molecule has 4 nitrogen and oxygen atoms in total. The van der Waals surface area contributed by atoms with E-state index >= 15 is 0 Å². The molecule has 1 aliphatic heterocycles. The number of hydrogen-bond donors (Lipinski definition) is 1. The Morgan fingerprint density at radius 1 is 1.04 bits per heavy atom. The van der Waals surface area contributed by atoms with E-state index in [1.165, 1.54) is 11.1 Å². The fourth-order valence-corrected chi connectivity index (χ4v) is 4.27. The minimum Gasteiger partial charge on any atom is -0.349 e. The number of likely N-dealkylation sites (tertiary alicyclic amines) is 1. The molecule has 2 aliphatic rings. The Bertz CT molecular complexity index is 850. The van der Waals surface area contributed by atoms with Gasteiger partial charge in [-0.25, -0.2) is 0 Å². The molecule has 4 rings (SSSR count). The number of hydrogen-bond acceptors (Lipinski definition) is 2. The van der Waals surface area contributed by atoms with Crippen LogP contribution in [0.5, 0.6) is 0 Å². The van der Waals surface area contributed by atoms with Gasteiger partial charge in [0.15, 0.2) is 0 Å². The number of fused-ring (bicyclic) bond motifs is 1. The molecule has 140 valence electrons. The average Bonchev–Trinajstić information content (AvgIpc) is 3.11. The molecule has 1 heterocycles. The number of benzene rings is 2. The number of halogens is 1. The Balaban J connectivity index is 1.40. The monoisotopic (exact) mass is 382 g/mol. The maximum atomic E-state index is 12.8. The van der Waals surface area contributed by atoms with Crippen molar-refractivity contribution in [1.82, 2.24) is 10.2 Å². The molecule has 2 atom stereocenters. The summed E-state index contributed by atoms with van der Waals surface area (Å²) >= 11 is 5.91. The van der Waals surface area contributed by atoms with Gasteiger partial charge in [-0.3, -0.25) is 9.59 Å². The molecule has 0 aromatic heterocycles. The van der Waals surface area contributed by atoms with Crippen molar-refractivity contribution in [3.63, 3.8) is 0 Å². The standard InChI is InChI=1S/C22H23ClN2O2/c23-18-10-7-16(8-11-18)22(27)25-13-3-5-17(14-25)21(26)24-20-12-9-15-4-1-2-6-19(15)20/h1-2,4,6-8,10-11,17,20H,3,5,9,12-14H2,(H,24,26)/t17-,20-/m1/s1. The van der Waals surface area contributed by atoms with Gasteiger partial charge in [0.1, 0.15) is 0 Å². The molecule has 0 radical (unpaired) electrons. The molecule has 0 saturated carbocycles. The molecule has 0 unspecified atom stereocenters. The lowest BCUT2D eigenvalue weighted by Crippen LogP contribution is -2.46. The lowest BCUT2D eigenvalue weighted by Gasteiger charge is -2.32. The van der Waals surface area contributed by atoms with E-state index in [9.17, 15) is 9.59 Å². The Labute approximate surface area is 164 Å². The lowest BCUT2D eigenvalue weighted by atomic mass is 9.95. The summed E-state index contributed by atoms with van der Waals surface area (Å²) in [5, 5.41) is 3.83. The molecule has 2 amide bonds. The molecular formula is C22H23ClN2O2. The topological polar surface area (TPSA) is 49.4 Å². The highest BCUT2D eigenvalue weighted by Crippen LogP contribution is 2.31. The van der Waals surface area contributed by atoms with Crippen molar-refractivity contribution in [1.29, 1.82) is 0 Å². The van der Waals surface area contributed by atoms with Crippen molar-refractivity contribution >= 4 is 23.4 Å². The number of nitrogens with one attached hydrogen (secondary N) is 1. The molecule has 1 N–H and O–H groups in total. The molecule has 5 heteroatoms. The normalized spacial score (nSPS) is 21.6. The first-order chi connectivity index (χ1) is 13.1. The Morgan fingerprint density at radius 2 is 1.81 bits per heavy atom. The van der Waals surface area contributed by atoms with Gasteiger partial charge in [0, 0.05) is 23.7 Å². The number of carbonyl (C=O) groups excluding carboxylic acids is 2. The number of aryl methyl sites for hydroxylation is 1. The van der Waals surface area contributed by atoms with Crippen molar-refractivity contribution in [2.24, 2.45) is 5.92 Å². The minimum atomic E-state index is -0.150. The molecule has 1 fully saturated rings. The van der Waals surface area contributed by atoms with Crippen LogP contribution in [-0.2, 0) is 11.2 Å². The third-order valence-electron chi connectivity index (χ3n) is 5.62. The van der Waals surface area contributed by atoms with Gasteiger partial charge < -0.3 is 10.2 Å². The van der Waals surface area contributed by atoms with E-state index in [-0.39, 0.29) is 23.8 Å². The third-order valence-corrected chi connectivity index (χ3v) is 5.87. The van der Waals surface area contributed by atoms with E-state index in [4.69, 9.17) is 11.6 Å². The van der Waals surface area contributed by atoms with Crippen LogP contribution in [0.25, 0.3) is 0 Å². The summed E-state index contributed by atoms with van der Waals surface area (Å²) < 4.78 is 0. The summed E-state index contributed by atoms with van der Waals surface area (Å²) in [5.41, 5.74) is 3.17. The zero-order chi connectivity index (χ0) is 18.8. The molecule has 2 aromatic carbocycles. The summed E-state index contributed by atoms with van der Waals surface area (Å²) in [6, 6.07) is 15.3. The first-order valence-electron chi connectivity index (χ1n) is 9.55. The molecule has 27 heavy (non-hydrogen) atoms. The van der Waals surface area contributed by atoms with Crippen molar-refractivity contribution in [3.05, 3.63) is 70.2 Å². The fourth-order valence-electron chi connectivity index (χ4n) is 4.15. The Morgan fingerprint density at radius 3 is 2.63 bits per heavy atom. The van der Waals surface area contributed by atoms with Gasteiger partial charge in [0.2, 0.25) is 5.91 Å². The minimum absolute atomic E-state index is 0.0321. The smallest absolute Gasteiger partial charge is 0.253 e. The van der Waals surface area contributed by atoms with Crippen LogP contribution in [0.1, 0.15) is 46.8 Å². The van der Waals surface area contributed by atoms with Crippen molar-refractivity contribution in [2.75, 3.05) is 13.1 Å². The second-order valence-corrected chi connectivity index (χ2v) is 7.83. The highest BCUT2D eigenvalue weighted by atomic mass is 35.5. The SMILES string of the molecule is O=C(N[C@@H]1CCc2ccccc21)[C@@H]1CCCN(C(=O)c2ccc(Cl)cc2)C1. The highest BCUT2D eigenvalue weighted by Gasteiger charge is 2.31.